The number of rotatable bonds is 3. The molecule has 0 bridgehead atoms. The third-order valence-corrected chi connectivity index (χ3v) is 3.17. The highest BCUT2D eigenvalue weighted by molar-refractivity contribution is 5.75. The molecule has 92 valence electrons. The lowest BCUT2D eigenvalue weighted by Crippen LogP contribution is -2.43. The van der Waals surface area contributed by atoms with Crippen molar-refractivity contribution in [2.75, 3.05) is 6.54 Å². The van der Waals surface area contributed by atoms with Gasteiger partial charge in [-0.1, -0.05) is 37.3 Å². The summed E-state index contributed by atoms with van der Waals surface area (Å²) in [5.74, 6) is 0.478. The van der Waals surface area contributed by atoms with Crippen LogP contribution in [0, 0.1) is 5.92 Å². The number of nitrogens with one attached hydrogen (secondary N) is 1. The van der Waals surface area contributed by atoms with Crippen LogP contribution in [0.5, 0.6) is 0 Å². The van der Waals surface area contributed by atoms with E-state index in [4.69, 9.17) is 4.74 Å². The second-order valence-corrected chi connectivity index (χ2v) is 4.73. The molecule has 1 aliphatic rings. The maximum atomic E-state index is 11.8. The second kappa shape index (κ2) is 5.82. The molecule has 0 aliphatic carbocycles. The Morgan fingerprint density at radius 1 is 1.41 bits per heavy atom. The van der Waals surface area contributed by atoms with E-state index in [1.807, 2.05) is 30.3 Å². The first-order chi connectivity index (χ1) is 8.25. The Hall–Kier alpha value is -1.35. The average molecular weight is 233 g/mol. The van der Waals surface area contributed by atoms with Gasteiger partial charge in [0.05, 0.1) is 0 Å². The van der Waals surface area contributed by atoms with Crippen molar-refractivity contribution in [2.45, 2.75) is 32.4 Å². The molecule has 0 aromatic heterocycles. The Balaban J connectivity index is 1.81. The van der Waals surface area contributed by atoms with E-state index in [9.17, 15) is 4.79 Å². The SMILES string of the molecule is C[C@H]1CCN[C@H](C(=O)OCc2ccccc2)C1. The number of esters is 1. The van der Waals surface area contributed by atoms with Gasteiger partial charge in [0.2, 0.25) is 0 Å². The van der Waals surface area contributed by atoms with Crippen LogP contribution < -0.4 is 5.32 Å². The molecule has 0 radical (unpaired) electrons. The topological polar surface area (TPSA) is 38.3 Å². The van der Waals surface area contributed by atoms with Crippen LogP contribution in [0.3, 0.4) is 0 Å². The number of piperidine rings is 1. The van der Waals surface area contributed by atoms with E-state index >= 15 is 0 Å². The molecule has 1 saturated heterocycles. The van der Waals surface area contributed by atoms with Crippen LogP contribution in [0.25, 0.3) is 0 Å². The van der Waals surface area contributed by atoms with Crippen LogP contribution in [-0.2, 0) is 16.1 Å². The molecule has 1 aliphatic heterocycles. The minimum absolute atomic E-state index is 0.123. The van der Waals surface area contributed by atoms with E-state index in [-0.39, 0.29) is 12.0 Å². The molecule has 0 amide bonds. The van der Waals surface area contributed by atoms with Gasteiger partial charge in [-0.25, -0.2) is 0 Å². The number of carbonyl (C=O) groups excluding carboxylic acids is 1. The van der Waals surface area contributed by atoms with Gasteiger partial charge in [-0.3, -0.25) is 4.79 Å². The fourth-order valence-electron chi connectivity index (χ4n) is 2.12. The quantitative estimate of drug-likeness (QED) is 0.813. The fourth-order valence-corrected chi connectivity index (χ4v) is 2.12. The predicted octanol–water partition coefficient (Wildman–Crippen LogP) is 2.12. The molecule has 1 aromatic carbocycles. The maximum Gasteiger partial charge on any atom is 0.323 e. The van der Waals surface area contributed by atoms with E-state index in [0.29, 0.717) is 12.5 Å². The Kier molecular flexibility index (Phi) is 4.15. The minimum Gasteiger partial charge on any atom is -0.460 e. The molecule has 3 heteroatoms. The molecule has 1 aromatic rings. The zero-order chi connectivity index (χ0) is 12.1. The number of hydrogen-bond acceptors (Lipinski definition) is 3. The van der Waals surface area contributed by atoms with Crippen molar-refractivity contribution in [1.82, 2.24) is 5.32 Å². The highest BCUT2D eigenvalue weighted by Gasteiger charge is 2.25. The van der Waals surface area contributed by atoms with Gasteiger partial charge in [0.25, 0.3) is 0 Å². The van der Waals surface area contributed by atoms with E-state index < -0.39 is 0 Å². The molecule has 2 atom stereocenters. The Morgan fingerprint density at radius 2 is 2.18 bits per heavy atom. The molecule has 3 nitrogen and oxygen atoms in total. The van der Waals surface area contributed by atoms with E-state index in [1.165, 1.54) is 0 Å². The van der Waals surface area contributed by atoms with Crippen molar-refractivity contribution in [3.8, 4) is 0 Å². The number of carbonyl (C=O) groups is 1. The first-order valence-electron chi connectivity index (χ1n) is 6.19. The van der Waals surface area contributed by atoms with Crippen molar-refractivity contribution >= 4 is 5.97 Å². The van der Waals surface area contributed by atoms with Crippen LogP contribution in [0.15, 0.2) is 30.3 Å². The van der Waals surface area contributed by atoms with Crippen LogP contribution in [0.1, 0.15) is 25.3 Å². The summed E-state index contributed by atoms with van der Waals surface area (Å²) in [6, 6.07) is 9.65. The first-order valence-corrected chi connectivity index (χ1v) is 6.19. The fraction of sp³-hybridized carbons (Fsp3) is 0.500. The highest BCUT2D eigenvalue weighted by Crippen LogP contribution is 2.16. The third-order valence-electron chi connectivity index (χ3n) is 3.17. The van der Waals surface area contributed by atoms with Gasteiger partial charge in [-0.05, 0) is 30.9 Å². The summed E-state index contributed by atoms with van der Waals surface area (Å²) in [4.78, 5) is 11.8. The van der Waals surface area contributed by atoms with E-state index in [1.54, 1.807) is 0 Å². The zero-order valence-electron chi connectivity index (χ0n) is 10.2. The van der Waals surface area contributed by atoms with Gasteiger partial charge >= 0.3 is 5.97 Å². The predicted molar refractivity (Wildman–Crippen MR) is 66.4 cm³/mol. The molecular weight excluding hydrogens is 214 g/mol. The smallest absolute Gasteiger partial charge is 0.323 e. The monoisotopic (exact) mass is 233 g/mol. The van der Waals surface area contributed by atoms with Gasteiger partial charge in [0, 0.05) is 0 Å². The summed E-state index contributed by atoms with van der Waals surface area (Å²) in [6.07, 6.45) is 2.02. The summed E-state index contributed by atoms with van der Waals surface area (Å²) in [5.41, 5.74) is 1.03. The maximum absolute atomic E-state index is 11.8. The van der Waals surface area contributed by atoms with Crippen LogP contribution in [0.2, 0.25) is 0 Å². The summed E-state index contributed by atoms with van der Waals surface area (Å²) < 4.78 is 5.31. The minimum atomic E-state index is -0.125. The molecule has 0 unspecified atom stereocenters. The number of hydrogen-bond donors (Lipinski definition) is 1. The van der Waals surface area contributed by atoms with E-state index in [0.717, 1.165) is 24.9 Å². The lowest BCUT2D eigenvalue weighted by atomic mass is 9.94. The molecule has 1 fully saturated rings. The van der Waals surface area contributed by atoms with Crippen LogP contribution in [-0.4, -0.2) is 18.6 Å². The molecule has 17 heavy (non-hydrogen) atoms. The molecule has 0 spiro atoms. The van der Waals surface area contributed by atoms with Crippen LogP contribution >= 0.6 is 0 Å². The van der Waals surface area contributed by atoms with Gasteiger partial charge in [-0.2, -0.15) is 0 Å². The van der Waals surface area contributed by atoms with Crippen molar-refractivity contribution in [1.29, 1.82) is 0 Å². The Labute approximate surface area is 102 Å². The summed E-state index contributed by atoms with van der Waals surface area (Å²) in [7, 11) is 0. The molecular formula is C14H19NO2. The highest BCUT2D eigenvalue weighted by atomic mass is 16.5. The van der Waals surface area contributed by atoms with Crippen LogP contribution in [0.4, 0.5) is 0 Å². The molecule has 0 saturated carbocycles. The largest absolute Gasteiger partial charge is 0.460 e. The summed E-state index contributed by atoms with van der Waals surface area (Å²) in [6.45, 7) is 3.46. The second-order valence-electron chi connectivity index (χ2n) is 4.73. The van der Waals surface area contributed by atoms with E-state index in [2.05, 4.69) is 12.2 Å². The van der Waals surface area contributed by atoms with Crippen molar-refractivity contribution in [2.24, 2.45) is 5.92 Å². The number of ether oxygens (including phenoxy) is 1. The summed E-state index contributed by atoms with van der Waals surface area (Å²) in [5, 5.41) is 3.21. The van der Waals surface area contributed by atoms with Gasteiger partial charge in [0.15, 0.2) is 0 Å². The number of benzene rings is 1. The van der Waals surface area contributed by atoms with Crippen molar-refractivity contribution < 1.29 is 9.53 Å². The van der Waals surface area contributed by atoms with Crippen molar-refractivity contribution in [3.05, 3.63) is 35.9 Å². The van der Waals surface area contributed by atoms with Gasteiger partial charge in [-0.15, -0.1) is 0 Å². The average Bonchev–Trinajstić information content (AvgIpc) is 2.37. The standard InChI is InChI=1S/C14H19NO2/c1-11-7-8-15-13(9-11)14(16)17-10-12-5-3-2-4-6-12/h2-6,11,13,15H,7-10H2,1H3/t11-,13-/m0/s1. The first kappa shape index (κ1) is 12.1. The van der Waals surface area contributed by atoms with Crippen molar-refractivity contribution in [3.63, 3.8) is 0 Å². The Morgan fingerprint density at radius 3 is 2.88 bits per heavy atom. The lowest BCUT2D eigenvalue weighted by Gasteiger charge is -2.26. The molecule has 1 N–H and O–H groups in total. The Bertz CT molecular complexity index is 364. The molecule has 1 heterocycles. The summed E-state index contributed by atoms with van der Waals surface area (Å²) >= 11 is 0. The normalized spacial score (nSPS) is 24.3. The van der Waals surface area contributed by atoms with Gasteiger partial charge in [0.1, 0.15) is 12.6 Å². The molecule has 2 rings (SSSR count). The third kappa shape index (κ3) is 3.56. The lowest BCUT2D eigenvalue weighted by molar-refractivity contribution is -0.148. The van der Waals surface area contributed by atoms with Gasteiger partial charge < -0.3 is 10.1 Å². The zero-order valence-corrected chi connectivity index (χ0v) is 10.2.